The zero-order valence-electron chi connectivity index (χ0n) is 16.5. The highest BCUT2D eigenvalue weighted by molar-refractivity contribution is 6.04. The first-order valence-electron chi connectivity index (χ1n) is 9.92. The van der Waals surface area contributed by atoms with Crippen molar-refractivity contribution in [3.63, 3.8) is 0 Å². The van der Waals surface area contributed by atoms with Gasteiger partial charge in [-0.25, -0.2) is 9.37 Å². The molecular weight excluding hydrogens is 407 g/mol. The summed E-state index contributed by atoms with van der Waals surface area (Å²) in [5.74, 6) is -0.856. The maximum atomic E-state index is 13.7. The van der Waals surface area contributed by atoms with Crippen LogP contribution in [0.4, 0.5) is 16.0 Å². The Morgan fingerprint density at radius 3 is 2.65 bits per heavy atom. The Morgan fingerprint density at radius 1 is 1.23 bits per heavy atom. The number of benzene rings is 2. The van der Waals surface area contributed by atoms with Gasteiger partial charge in [-0.1, -0.05) is 0 Å². The molecule has 3 aromatic rings. The van der Waals surface area contributed by atoms with Crippen molar-refractivity contribution in [3.8, 4) is 0 Å². The Balaban J connectivity index is 1.71. The van der Waals surface area contributed by atoms with Gasteiger partial charge in [0.15, 0.2) is 0 Å². The number of hydrogen-bond donors (Lipinski definition) is 3. The van der Waals surface area contributed by atoms with Crippen LogP contribution in [0.1, 0.15) is 47.6 Å². The Morgan fingerprint density at radius 2 is 1.97 bits per heavy atom. The molecule has 0 spiro atoms. The molecule has 3 N–H and O–H groups in total. The summed E-state index contributed by atoms with van der Waals surface area (Å²) >= 11 is 0. The summed E-state index contributed by atoms with van der Waals surface area (Å²) in [5, 5.41) is 33.0. The number of anilines is 1. The van der Waals surface area contributed by atoms with E-state index in [1.54, 1.807) is 6.07 Å². The molecule has 0 radical (unpaired) electrons. The van der Waals surface area contributed by atoms with Gasteiger partial charge in [0.25, 0.3) is 11.6 Å². The molecule has 9 nitrogen and oxygen atoms in total. The Hall–Kier alpha value is -3.37. The number of nitro benzene ring substituents is 1. The molecule has 31 heavy (non-hydrogen) atoms. The van der Waals surface area contributed by atoms with Gasteiger partial charge in [0.05, 0.1) is 34.2 Å². The number of carbonyl (C=O) groups excluding carboxylic acids is 1. The van der Waals surface area contributed by atoms with Crippen molar-refractivity contribution in [2.24, 2.45) is 0 Å². The molecule has 10 heteroatoms. The van der Waals surface area contributed by atoms with E-state index in [1.165, 1.54) is 24.3 Å². The minimum Gasteiger partial charge on any atom is -0.393 e. The van der Waals surface area contributed by atoms with Crippen molar-refractivity contribution in [1.29, 1.82) is 0 Å². The van der Waals surface area contributed by atoms with E-state index < -0.39 is 23.3 Å². The van der Waals surface area contributed by atoms with Crippen molar-refractivity contribution in [3.05, 3.63) is 63.5 Å². The standard InChI is InChI=1S/C21H21FN4O5/c22-14-3-8-18-17(10-14)23-21(25(18)15-4-6-16(28)7-5-15)24-20(29)12-1-2-13(11-27)19(9-12)26(30)31/h1-3,8-10,15-16,27-28H,4-7,11H2,(H,23,24,29)/t15-,16-. The number of nitrogens with zero attached hydrogens (tertiary/aromatic N) is 3. The molecule has 0 atom stereocenters. The summed E-state index contributed by atoms with van der Waals surface area (Å²) in [7, 11) is 0. The predicted octanol–water partition coefficient (Wildman–Crippen LogP) is 3.30. The molecule has 162 valence electrons. The zero-order chi connectivity index (χ0) is 22.1. The lowest BCUT2D eigenvalue weighted by atomic mass is 9.93. The van der Waals surface area contributed by atoms with Crippen molar-refractivity contribution in [2.75, 3.05) is 5.32 Å². The maximum Gasteiger partial charge on any atom is 0.275 e. The monoisotopic (exact) mass is 428 g/mol. The quantitative estimate of drug-likeness (QED) is 0.422. The molecule has 1 amide bonds. The number of nitrogens with one attached hydrogen (secondary N) is 1. The molecule has 1 aliphatic rings. The number of hydrogen-bond acceptors (Lipinski definition) is 6. The number of carbonyl (C=O) groups is 1. The van der Waals surface area contributed by atoms with Gasteiger partial charge in [-0.2, -0.15) is 0 Å². The Bertz CT molecular complexity index is 1150. The van der Waals surface area contributed by atoms with E-state index >= 15 is 0 Å². The van der Waals surface area contributed by atoms with Crippen LogP contribution in [-0.2, 0) is 6.61 Å². The van der Waals surface area contributed by atoms with Gasteiger partial charge >= 0.3 is 0 Å². The van der Waals surface area contributed by atoms with E-state index in [2.05, 4.69) is 10.3 Å². The average molecular weight is 428 g/mol. The van der Waals surface area contributed by atoms with Gasteiger partial charge < -0.3 is 14.8 Å². The molecule has 0 saturated heterocycles. The summed E-state index contributed by atoms with van der Waals surface area (Å²) in [6, 6.07) is 7.97. The summed E-state index contributed by atoms with van der Waals surface area (Å²) in [6.45, 7) is -0.521. The normalized spacial score (nSPS) is 18.8. The van der Waals surface area contributed by atoms with Crippen LogP contribution in [-0.4, -0.2) is 36.7 Å². The minimum absolute atomic E-state index is 0.0350. The number of halogens is 1. The minimum atomic E-state index is -0.659. The molecule has 0 unspecified atom stereocenters. The number of fused-ring (bicyclic) bond motifs is 1. The smallest absolute Gasteiger partial charge is 0.275 e. The summed E-state index contributed by atoms with van der Waals surface area (Å²) in [4.78, 5) is 27.8. The van der Waals surface area contributed by atoms with Gasteiger partial charge in [-0.05, 0) is 49.9 Å². The third-order valence-electron chi connectivity index (χ3n) is 5.62. The highest BCUT2D eigenvalue weighted by atomic mass is 19.1. The lowest BCUT2D eigenvalue weighted by Gasteiger charge is -2.28. The van der Waals surface area contributed by atoms with Crippen molar-refractivity contribution in [1.82, 2.24) is 9.55 Å². The fraction of sp³-hybridized carbons (Fsp3) is 0.333. The molecule has 1 heterocycles. The number of aliphatic hydroxyl groups is 2. The van der Waals surface area contributed by atoms with E-state index in [-0.39, 0.29) is 34.9 Å². The van der Waals surface area contributed by atoms with Gasteiger partial charge in [0.1, 0.15) is 5.82 Å². The topological polar surface area (TPSA) is 131 Å². The Kier molecular flexibility index (Phi) is 5.66. The summed E-state index contributed by atoms with van der Waals surface area (Å²) in [6.07, 6.45) is 2.18. The van der Waals surface area contributed by atoms with E-state index in [4.69, 9.17) is 0 Å². The SMILES string of the molecule is O=C(Nc1nc2cc(F)ccc2n1[C@H]1CC[C@H](O)CC1)c1ccc(CO)c([N+](=O)[O-])c1. The van der Waals surface area contributed by atoms with E-state index in [0.717, 1.165) is 6.07 Å². The number of amides is 1. The first-order chi connectivity index (χ1) is 14.9. The second-order valence-corrected chi connectivity index (χ2v) is 7.61. The van der Waals surface area contributed by atoms with Crippen LogP contribution in [0.3, 0.4) is 0 Å². The van der Waals surface area contributed by atoms with Crippen LogP contribution < -0.4 is 5.32 Å². The highest BCUT2D eigenvalue weighted by Gasteiger charge is 2.26. The Labute approximate surface area is 176 Å². The zero-order valence-corrected chi connectivity index (χ0v) is 16.5. The van der Waals surface area contributed by atoms with Crippen LogP contribution in [0.25, 0.3) is 11.0 Å². The van der Waals surface area contributed by atoms with Gasteiger partial charge in [-0.15, -0.1) is 0 Å². The molecule has 0 aliphatic heterocycles. The van der Waals surface area contributed by atoms with Gasteiger partial charge in [0, 0.05) is 23.7 Å². The lowest BCUT2D eigenvalue weighted by molar-refractivity contribution is -0.385. The molecule has 1 fully saturated rings. The number of aromatic nitrogens is 2. The van der Waals surface area contributed by atoms with Gasteiger partial charge in [-0.3, -0.25) is 20.2 Å². The number of nitro groups is 1. The van der Waals surface area contributed by atoms with Crippen LogP contribution in [0, 0.1) is 15.9 Å². The lowest BCUT2D eigenvalue weighted by Crippen LogP contribution is -2.23. The fourth-order valence-electron chi connectivity index (χ4n) is 4.03. The first-order valence-corrected chi connectivity index (χ1v) is 9.92. The van der Waals surface area contributed by atoms with Crippen LogP contribution in [0.15, 0.2) is 36.4 Å². The molecule has 4 rings (SSSR count). The average Bonchev–Trinajstić information content (AvgIpc) is 3.10. The highest BCUT2D eigenvalue weighted by Crippen LogP contribution is 2.35. The van der Waals surface area contributed by atoms with E-state index in [0.29, 0.717) is 36.7 Å². The van der Waals surface area contributed by atoms with Crippen molar-refractivity contribution in [2.45, 2.75) is 44.4 Å². The predicted molar refractivity (Wildman–Crippen MR) is 110 cm³/mol. The number of aliphatic hydroxyl groups excluding tert-OH is 2. The van der Waals surface area contributed by atoms with Crippen molar-refractivity contribution < 1.29 is 24.3 Å². The second kappa shape index (κ2) is 8.40. The largest absolute Gasteiger partial charge is 0.393 e. The molecule has 1 saturated carbocycles. The van der Waals surface area contributed by atoms with E-state index in [1.807, 2.05) is 4.57 Å². The number of rotatable bonds is 5. The van der Waals surface area contributed by atoms with Crippen LogP contribution in [0.5, 0.6) is 0 Å². The van der Waals surface area contributed by atoms with E-state index in [9.17, 15) is 29.5 Å². The van der Waals surface area contributed by atoms with Crippen LogP contribution >= 0.6 is 0 Å². The van der Waals surface area contributed by atoms with Crippen LogP contribution in [0.2, 0.25) is 0 Å². The molecule has 0 bridgehead atoms. The van der Waals surface area contributed by atoms with Gasteiger partial charge in [0.2, 0.25) is 5.95 Å². The molecular formula is C21H21FN4O5. The molecule has 1 aliphatic carbocycles. The third kappa shape index (κ3) is 4.12. The molecule has 2 aromatic carbocycles. The molecule has 1 aromatic heterocycles. The third-order valence-corrected chi connectivity index (χ3v) is 5.62. The summed E-state index contributed by atoms with van der Waals surface area (Å²) < 4.78 is 15.6. The first kappa shape index (κ1) is 20.9. The second-order valence-electron chi connectivity index (χ2n) is 7.61. The summed E-state index contributed by atoms with van der Waals surface area (Å²) in [5.41, 5.74) is 0.813. The maximum absolute atomic E-state index is 13.7. The fourth-order valence-corrected chi connectivity index (χ4v) is 4.03. The number of imidazole rings is 1. The van der Waals surface area contributed by atoms with Crippen molar-refractivity contribution >= 4 is 28.6 Å².